The van der Waals surface area contributed by atoms with Gasteiger partial charge in [0, 0.05) is 13.0 Å². The third-order valence-corrected chi connectivity index (χ3v) is 5.96. The second kappa shape index (κ2) is 9.79. The average Bonchev–Trinajstić information content (AvgIpc) is 2.71. The Bertz CT molecular complexity index is 1070. The Morgan fingerprint density at radius 2 is 2.10 bits per heavy atom. The number of aromatic hydroxyl groups is 1. The van der Waals surface area contributed by atoms with E-state index in [2.05, 4.69) is 15.0 Å². The molecule has 0 aromatic carbocycles. The zero-order chi connectivity index (χ0) is 22.6. The fourth-order valence-electron chi connectivity index (χ4n) is 3.72. The van der Waals surface area contributed by atoms with Crippen LogP contribution in [0.4, 0.5) is 4.39 Å². The number of nitrogens with two attached hydrogens (primary N) is 1. The van der Waals surface area contributed by atoms with Crippen LogP contribution in [0.5, 0.6) is 5.88 Å². The van der Waals surface area contributed by atoms with Crippen molar-refractivity contribution in [1.82, 2.24) is 19.5 Å². The SMILES string of the molecule is CCCCc1nc(O)c([C@H](CS(N)(=O)=O)c2ncc(F)cn2)c(=O)n1C1CCCOC1. The maximum absolute atomic E-state index is 13.6. The molecule has 31 heavy (non-hydrogen) atoms. The second-order valence-corrected chi connectivity index (χ2v) is 9.22. The summed E-state index contributed by atoms with van der Waals surface area (Å²) in [4.78, 5) is 25.5. The van der Waals surface area contributed by atoms with Gasteiger partial charge in [-0.1, -0.05) is 13.3 Å². The van der Waals surface area contributed by atoms with Crippen molar-refractivity contribution in [1.29, 1.82) is 0 Å². The van der Waals surface area contributed by atoms with E-state index in [1.165, 1.54) is 4.57 Å². The van der Waals surface area contributed by atoms with E-state index >= 15 is 0 Å². The van der Waals surface area contributed by atoms with E-state index in [1.54, 1.807) is 0 Å². The number of halogens is 1. The zero-order valence-electron chi connectivity index (χ0n) is 17.2. The molecule has 1 aliphatic rings. The molecular formula is C19H26FN5O5S. The summed E-state index contributed by atoms with van der Waals surface area (Å²) in [6.07, 6.45) is 5.21. The predicted molar refractivity (Wildman–Crippen MR) is 110 cm³/mol. The number of aryl methyl sites for hydroxylation is 1. The Labute approximate surface area is 179 Å². The second-order valence-electron chi connectivity index (χ2n) is 7.56. The Balaban J connectivity index is 2.20. The molecule has 0 aliphatic carbocycles. The predicted octanol–water partition coefficient (Wildman–Crippen LogP) is 0.992. The van der Waals surface area contributed by atoms with E-state index in [-0.39, 0.29) is 17.4 Å². The lowest BCUT2D eigenvalue weighted by atomic mass is 10.0. The summed E-state index contributed by atoms with van der Waals surface area (Å²) in [5, 5.41) is 15.9. The van der Waals surface area contributed by atoms with E-state index in [4.69, 9.17) is 9.88 Å². The summed E-state index contributed by atoms with van der Waals surface area (Å²) in [5.74, 6) is -3.15. The monoisotopic (exact) mass is 455 g/mol. The van der Waals surface area contributed by atoms with Gasteiger partial charge in [0.25, 0.3) is 5.56 Å². The summed E-state index contributed by atoms with van der Waals surface area (Å²) in [7, 11) is -4.11. The molecule has 3 heterocycles. The first-order chi connectivity index (χ1) is 14.7. The topological polar surface area (TPSA) is 150 Å². The maximum Gasteiger partial charge on any atom is 0.261 e. The van der Waals surface area contributed by atoms with Crippen LogP contribution in [0.15, 0.2) is 17.2 Å². The van der Waals surface area contributed by atoms with Crippen molar-refractivity contribution in [3.05, 3.63) is 45.8 Å². The van der Waals surface area contributed by atoms with Crippen LogP contribution in [0.25, 0.3) is 0 Å². The number of hydrogen-bond donors (Lipinski definition) is 2. The first-order valence-corrected chi connectivity index (χ1v) is 11.8. The number of nitrogens with zero attached hydrogens (tertiary/aromatic N) is 4. The number of aromatic nitrogens is 4. The fourth-order valence-corrected chi connectivity index (χ4v) is 4.50. The molecule has 2 aromatic rings. The lowest BCUT2D eigenvalue weighted by Gasteiger charge is -2.28. The smallest absolute Gasteiger partial charge is 0.261 e. The number of hydrogen-bond acceptors (Lipinski definition) is 8. The molecule has 0 spiro atoms. The normalized spacial score (nSPS) is 18.1. The summed E-state index contributed by atoms with van der Waals surface area (Å²) in [6.45, 7) is 2.89. The molecular weight excluding hydrogens is 429 g/mol. The highest BCUT2D eigenvalue weighted by atomic mass is 32.2. The van der Waals surface area contributed by atoms with Crippen molar-refractivity contribution in [2.45, 2.75) is 51.0 Å². The minimum atomic E-state index is -4.11. The molecule has 3 rings (SSSR count). The van der Waals surface area contributed by atoms with Gasteiger partial charge >= 0.3 is 0 Å². The molecule has 1 aliphatic heterocycles. The molecule has 1 unspecified atom stereocenters. The molecule has 2 aromatic heterocycles. The number of rotatable bonds is 8. The van der Waals surface area contributed by atoms with Crippen molar-refractivity contribution >= 4 is 10.0 Å². The Morgan fingerprint density at radius 3 is 2.68 bits per heavy atom. The van der Waals surface area contributed by atoms with Gasteiger partial charge in [0.2, 0.25) is 15.9 Å². The van der Waals surface area contributed by atoms with Crippen molar-refractivity contribution < 1.29 is 22.7 Å². The van der Waals surface area contributed by atoms with E-state index in [0.29, 0.717) is 31.9 Å². The van der Waals surface area contributed by atoms with Crippen LogP contribution in [0, 0.1) is 5.82 Å². The summed E-state index contributed by atoms with van der Waals surface area (Å²) in [6, 6.07) is -0.302. The third-order valence-electron chi connectivity index (χ3n) is 5.16. The van der Waals surface area contributed by atoms with Crippen LogP contribution < -0.4 is 10.7 Å². The highest BCUT2D eigenvalue weighted by Gasteiger charge is 2.32. The largest absolute Gasteiger partial charge is 0.493 e. The maximum atomic E-state index is 13.6. The van der Waals surface area contributed by atoms with Crippen molar-refractivity contribution in [3.63, 3.8) is 0 Å². The van der Waals surface area contributed by atoms with Gasteiger partial charge in [-0.15, -0.1) is 0 Å². The van der Waals surface area contributed by atoms with Gasteiger partial charge in [-0.05, 0) is 19.3 Å². The molecule has 0 saturated carbocycles. The first-order valence-electron chi connectivity index (χ1n) is 10.1. The number of unbranched alkanes of at least 4 members (excludes halogenated alkanes) is 1. The van der Waals surface area contributed by atoms with Crippen LogP contribution in [-0.4, -0.2) is 52.0 Å². The molecule has 10 nitrogen and oxygen atoms in total. The lowest BCUT2D eigenvalue weighted by molar-refractivity contribution is 0.0561. The van der Waals surface area contributed by atoms with E-state index in [9.17, 15) is 22.7 Å². The van der Waals surface area contributed by atoms with Crippen molar-refractivity contribution in [3.8, 4) is 5.88 Å². The van der Waals surface area contributed by atoms with Crippen LogP contribution in [-0.2, 0) is 21.2 Å². The van der Waals surface area contributed by atoms with Crippen LogP contribution in [0.1, 0.15) is 61.8 Å². The molecule has 0 amide bonds. The molecule has 1 saturated heterocycles. The lowest BCUT2D eigenvalue weighted by Crippen LogP contribution is -2.38. The highest BCUT2D eigenvalue weighted by Crippen LogP contribution is 2.29. The van der Waals surface area contributed by atoms with E-state index in [1.807, 2.05) is 6.92 Å². The van der Waals surface area contributed by atoms with Gasteiger partial charge in [0.1, 0.15) is 11.6 Å². The molecule has 2 atom stereocenters. The van der Waals surface area contributed by atoms with Crippen LogP contribution >= 0.6 is 0 Å². The molecule has 3 N–H and O–H groups in total. The quantitative estimate of drug-likeness (QED) is 0.598. The Hall–Kier alpha value is -2.44. The third kappa shape index (κ3) is 5.63. The van der Waals surface area contributed by atoms with Gasteiger partial charge in [-0.25, -0.2) is 27.9 Å². The van der Waals surface area contributed by atoms with E-state index in [0.717, 1.165) is 31.7 Å². The van der Waals surface area contributed by atoms with Crippen molar-refractivity contribution in [2.24, 2.45) is 5.14 Å². The zero-order valence-corrected chi connectivity index (χ0v) is 18.0. The van der Waals surface area contributed by atoms with Gasteiger partial charge in [0.15, 0.2) is 5.82 Å². The molecule has 1 fully saturated rings. The van der Waals surface area contributed by atoms with Gasteiger partial charge in [-0.3, -0.25) is 9.36 Å². The average molecular weight is 456 g/mol. The summed E-state index contributed by atoms with van der Waals surface area (Å²) >= 11 is 0. The van der Waals surface area contributed by atoms with Crippen LogP contribution in [0.3, 0.4) is 0 Å². The van der Waals surface area contributed by atoms with E-state index < -0.39 is 39.0 Å². The fraction of sp³-hybridized carbons (Fsp3) is 0.579. The molecule has 0 radical (unpaired) electrons. The van der Waals surface area contributed by atoms with Gasteiger partial charge < -0.3 is 9.84 Å². The standard InChI is InChI=1S/C19H26FN5O5S/c1-2-3-6-15-24-18(26)16(19(27)25(15)13-5-4-7-30-10-13)14(11-31(21,28)29)17-22-8-12(20)9-23-17/h8-9,13-14,26H,2-7,10-11H2,1H3,(H2,21,28,29)/t13?,14-/m0/s1. The Kier molecular flexibility index (Phi) is 7.34. The molecule has 170 valence electrons. The molecule has 12 heteroatoms. The van der Waals surface area contributed by atoms with Crippen molar-refractivity contribution in [2.75, 3.05) is 19.0 Å². The summed E-state index contributed by atoms with van der Waals surface area (Å²) < 4.78 is 44.1. The molecule has 0 bridgehead atoms. The van der Waals surface area contributed by atoms with Gasteiger partial charge in [-0.2, -0.15) is 4.98 Å². The number of sulfonamides is 1. The van der Waals surface area contributed by atoms with Crippen LogP contribution in [0.2, 0.25) is 0 Å². The first kappa shape index (κ1) is 23.2. The summed E-state index contributed by atoms with van der Waals surface area (Å²) in [5.41, 5.74) is -0.887. The van der Waals surface area contributed by atoms with Gasteiger partial charge in [0.05, 0.1) is 42.3 Å². The highest BCUT2D eigenvalue weighted by molar-refractivity contribution is 7.89. The number of ether oxygens (including phenoxy) is 1. The Morgan fingerprint density at radius 1 is 1.39 bits per heavy atom. The number of primary sulfonamides is 1. The minimum Gasteiger partial charge on any atom is -0.493 e. The minimum absolute atomic E-state index is 0.155.